The minimum atomic E-state index is 0.0817. The minimum absolute atomic E-state index is 0.0817. The Labute approximate surface area is 136 Å². The van der Waals surface area contributed by atoms with Gasteiger partial charge in [0, 0.05) is 31.7 Å². The monoisotopic (exact) mass is 305 g/mol. The smallest absolute Gasteiger partial charge is 0.253 e. The predicted molar refractivity (Wildman–Crippen MR) is 90.5 cm³/mol. The highest BCUT2D eigenvalue weighted by Gasteiger charge is 2.23. The van der Waals surface area contributed by atoms with Crippen molar-refractivity contribution in [3.8, 4) is 6.07 Å². The van der Waals surface area contributed by atoms with Crippen molar-refractivity contribution < 1.29 is 4.79 Å². The van der Waals surface area contributed by atoms with Crippen LogP contribution in [0.5, 0.6) is 0 Å². The lowest BCUT2D eigenvalue weighted by molar-refractivity contribution is 0.0747. The number of aryl methyl sites for hydroxylation is 1. The maximum atomic E-state index is 12.5. The highest BCUT2D eigenvalue weighted by atomic mass is 16.2. The largest absolute Gasteiger partial charge is 0.367 e. The summed E-state index contributed by atoms with van der Waals surface area (Å²) in [5.74, 6) is 0.0817. The van der Waals surface area contributed by atoms with E-state index in [1.54, 1.807) is 0 Å². The van der Waals surface area contributed by atoms with Crippen molar-refractivity contribution in [2.75, 3.05) is 31.1 Å². The van der Waals surface area contributed by atoms with Crippen molar-refractivity contribution >= 4 is 11.6 Å². The molecular weight excluding hydrogens is 286 g/mol. The molecule has 116 valence electrons. The van der Waals surface area contributed by atoms with E-state index in [0.29, 0.717) is 18.7 Å². The summed E-state index contributed by atoms with van der Waals surface area (Å²) in [5.41, 5.74) is 3.53. The number of nitriles is 1. The summed E-state index contributed by atoms with van der Waals surface area (Å²) in [5, 5.41) is 9.22. The van der Waals surface area contributed by atoms with Crippen LogP contribution in [0.15, 0.2) is 48.5 Å². The van der Waals surface area contributed by atoms with E-state index < -0.39 is 0 Å². The Morgan fingerprint density at radius 2 is 1.65 bits per heavy atom. The van der Waals surface area contributed by atoms with Crippen LogP contribution in [0.4, 0.5) is 5.69 Å². The number of carbonyl (C=O) groups excluding carboxylic acids is 1. The first-order valence-electron chi connectivity index (χ1n) is 7.79. The van der Waals surface area contributed by atoms with E-state index in [2.05, 4.69) is 11.0 Å². The van der Waals surface area contributed by atoms with E-state index in [-0.39, 0.29) is 5.91 Å². The standard InChI is InChI=1S/C19H19N3O/c1-15-6-8-16(9-7-15)19(23)22-12-10-21(11-13-22)18-5-3-2-4-17(18)14-20/h2-9H,10-13H2,1H3. The van der Waals surface area contributed by atoms with Crippen molar-refractivity contribution in [1.82, 2.24) is 4.90 Å². The van der Waals surface area contributed by atoms with Crippen LogP contribution in [0, 0.1) is 18.3 Å². The van der Waals surface area contributed by atoms with Crippen molar-refractivity contribution in [3.05, 3.63) is 65.2 Å². The molecule has 1 saturated heterocycles. The van der Waals surface area contributed by atoms with Gasteiger partial charge in [-0.2, -0.15) is 5.26 Å². The normalized spacial score (nSPS) is 14.4. The minimum Gasteiger partial charge on any atom is -0.367 e. The lowest BCUT2D eigenvalue weighted by Gasteiger charge is -2.36. The summed E-state index contributed by atoms with van der Waals surface area (Å²) in [6.07, 6.45) is 0. The van der Waals surface area contributed by atoms with E-state index in [0.717, 1.165) is 29.9 Å². The third-order valence-corrected chi connectivity index (χ3v) is 4.23. The number of anilines is 1. The van der Waals surface area contributed by atoms with Crippen LogP contribution < -0.4 is 4.90 Å². The van der Waals surface area contributed by atoms with Crippen molar-refractivity contribution in [3.63, 3.8) is 0 Å². The number of rotatable bonds is 2. The van der Waals surface area contributed by atoms with Gasteiger partial charge in [0.1, 0.15) is 6.07 Å². The molecule has 1 fully saturated rings. The fourth-order valence-corrected chi connectivity index (χ4v) is 2.87. The molecule has 0 radical (unpaired) electrons. The van der Waals surface area contributed by atoms with Gasteiger partial charge in [-0.1, -0.05) is 29.8 Å². The number of nitrogens with zero attached hydrogens (tertiary/aromatic N) is 3. The molecule has 0 saturated carbocycles. The predicted octanol–water partition coefficient (Wildman–Crippen LogP) is 2.83. The Hall–Kier alpha value is -2.80. The summed E-state index contributed by atoms with van der Waals surface area (Å²) in [4.78, 5) is 16.6. The molecule has 0 unspecified atom stereocenters. The van der Waals surface area contributed by atoms with Gasteiger partial charge in [-0.25, -0.2) is 0 Å². The molecule has 1 aliphatic rings. The van der Waals surface area contributed by atoms with E-state index in [9.17, 15) is 10.1 Å². The first kappa shape index (κ1) is 15.1. The Bertz CT molecular complexity index is 738. The third-order valence-electron chi connectivity index (χ3n) is 4.23. The highest BCUT2D eigenvalue weighted by Crippen LogP contribution is 2.21. The van der Waals surface area contributed by atoms with Crippen LogP contribution in [-0.4, -0.2) is 37.0 Å². The Morgan fingerprint density at radius 1 is 1.00 bits per heavy atom. The summed E-state index contributed by atoms with van der Waals surface area (Å²) in [7, 11) is 0. The van der Waals surface area contributed by atoms with Gasteiger partial charge in [-0.05, 0) is 31.2 Å². The molecule has 23 heavy (non-hydrogen) atoms. The second kappa shape index (κ2) is 6.53. The average Bonchev–Trinajstić information content (AvgIpc) is 2.62. The Balaban J connectivity index is 1.68. The van der Waals surface area contributed by atoms with Gasteiger partial charge in [0.2, 0.25) is 0 Å². The first-order chi connectivity index (χ1) is 11.2. The van der Waals surface area contributed by atoms with Crippen LogP contribution in [-0.2, 0) is 0 Å². The van der Waals surface area contributed by atoms with Gasteiger partial charge in [0.15, 0.2) is 0 Å². The molecule has 0 N–H and O–H groups in total. The van der Waals surface area contributed by atoms with Crippen molar-refractivity contribution in [2.24, 2.45) is 0 Å². The van der Waals surface area contributed by atoms with E-state index in [1.165, 1.54) is 0 Å². The molecular formula is C19H19N3O. The number of hydrogen-bond donors (Lipinski definition) is 0. The quantitative estimate of drug-likeness (QED) is 0.857. The molecule has 2 aromatic carbocycles. The summed E-state index contributed by atoms with van der Waals surface area (Å²) < 4.78 is 0. The summed E-state index contributed by atoms with van der Waals surface area (Å²) in [6.45, 7) is 4.85. The number of hydrogen-bond acceptors (Lipinski definition) is 3. The van der Waals surface area contributed by atoms with Gasteiger partial charge in [0.05, 0.1) is 11.3 Å². The Morgan fingerprint density at radius 3 is 2.30 bits per heavy atom. The zero-order chi connectivity index (χ0) is 16.2. The van der Waals surface area contributed by atoms with Gasteiger partial charge < -0.3 is 9.80 Å². The van der Waals surface area contributed by atoms with Crippen LogP contribution in [0.25, 0.3) is 0 Å². The summed E-state index contributed by atoms with van der Waals surface area (Å²) in [6, 6.07) is 17.6. The molecule has 0 bridgehead atoms. The van der Waals surface area contributed by atoms with Gasteiger partial charge >= 0.3 is 0 Å². The fourth-order valence-electron chi connectivity index (χ4n) is 2.87. The molecule has 0 aromatic heterocycles. The van der Waals surface area contributed by atoms with Crippen molar-refractivity contribution in [1.29, 1.82) is 5.26 Å². The lowest BCUT2D eigenvalue weighted by Crippen LogP contribution is -2.49. The molecule has 2 aromatic rings. The number of para-hydroxylation sites is 1. The van der Waals surface area contributed by atoms with E-state index in [1.807, 2.05) is 60.4 Å². The molecule has 1 heterocycles. The third kappa shape index (κ3) is 3.19. The first-order valence-corrected chi connectivity index (χ1v) is 7.79. The topological polar surface area (TPSA) is 47.3 Å². The van der Waals surface area contributed by atoms with Gasteiger partial charge in [0.25, 0.3) is 5.91 Å². The molecule has 3 rings (SSSR count). The maximum absolute atomic E-state index is 12.5. The SMILES string of the molecule is Cc1ccc(C(=O)N2CCN(c3ccccc3C#N)CC2)cc1. The summed E-state index contributed by atoms with van der Waals surface area (Å²) >= 11 is 0. The Kier molecular flexibility index (Phi) is 4.29. The van der Waals surface area contributed by atoms with E-state index >= 15 is 0 Å². The molecule has 4 nitrogen and oxygen atoms in total. The van der Waals surface area contributed by atoms with Crippen LogP contribution >= 0.6 is 0 Å². The van der Waals surface area contributed by atoms with Crippen LogP contribution in [0.1, 0.15) is 21.5 Å². The fraction of sp³-hybridized carbons (Fsp3) is 0.263. The average molecular weight is 305 g/mol. The maximum Gasteiger partial charge on any atom is 0.253 e. The second-order valence-corrected chi connectivity index (χ2v) is 5.77. The van der Waals surface area contributed by atoms with E-state index in [4.69, 9.17) is 0 Å². The molecule has 0 aliphatic carbocycles. The zero-order valence-electron chi connectivity index (χ0n) is 13.2. The number of carbonyl (C=O) groups is 1. The highest BCUT2D eigenvalue weighted by molar-refractivity contribution is 5.94. The number of benzene rings is 2. The van der Waals surface area contributed by atoms with Crippen LogP contribution in [0.2, 0.25) is 0 Å². The van der Waals surface area contributed by atoms with Crippen molar-refractivity contribution in [2.45, 2.75) is 6.92 Å². The van der Waals surface area contributed by atoms with Crippen LogP contribution in [0.3, 0.4) is 0 Å². The van der Waals surface area contributed by atoms with Gasteiger partial charge in [-0.15, -0.1) is 0 Å². The number of piperazine rings is 1. The molecule has 4 heteroatoms. The lowest BCUT2D eigenvalue weighted by atomic mass is 10.1. The molecule has 1 aliphatic heterocycles. The number of amides is 1. The molecule has 1 amide bonds. The zero-order valence-corrected chi connectivity index (χ0v) is 13.2. The second-order valence-electron chi connectivity index (χ2n) is 5.77. The van der Waals surface area contributed by atoms with Gasteiger partial charge in [-0.3, -0.25) is 4.79 Å². The molecule has 0 atom stereocenters. The molecule has 0 spiro atoms.